The average molecular weight is 266 g/mol. The highest BCUT2D eigenvalue weighted by Crippen LogP contribution is 2.10. The summed E-state index contributed by atoms with van der Waals surface area (Å²) in [5, 5.41) is 8.63. The third-order valence-electron chi connectivity index (χ3n) is 2.34. The first kappa shape index (κ1) is 15.6. The molecule has 0 saturated heterocycles. The molecule has 0 spiro atoms. The topological polar surface area (TPSA) is 38.7 Å². The van der Waals surface area contributed by atoms with Crippen LogP contribution in [0.3, 0.4) is 0 Å². The van der Waals surface area contributed by atoms with Crippen molar-refractivity contribution in [1.29, 1.82) is 0 Å². The minimum Gasteiger partial charge on any atom is -0.395 e. The predicted octanol–water partition coefficient (Wildman–Crippen LogP) is 2.11. The molecule has 3 nitrogen and oxygen atoms in total. The lowest BCUT2D eigenvalue weighted by Crippen LogP contribution is -2.04. The molecule has 0 aliphatic rings. The van der Waals surface area contributed by atoms with Crippen molar-refractivity contribution in [2.75, 3.05) is 26.4 Å². The van der Waals surface area contributed by atoms with E-state index in [9.17, 15) is 4.39 Å². The molecule has 0 atom stereocenters. The molecule has 0 fully saturated rings. The Balaban J connectivity index is 2.51. The Bertz CT molecular complexity index is 435. The lowest BCUT2D eigenvalue weighted by molar-refractivity contribution is 0.0453. The average Bonchev–Trinajstić information content (AvgIpc) is 2.42. The van der Waals surface area contributed by atoms with Crippen LogP contribution in [-0.2, 0) is 16.1 Å². The molecule has 0 aromatic heterocycles. The van der Waals surface area contributed by atoms with Crippen molar-refractivity contribution in [1.82, 2.24) is 0 Å². The molecule has 1 N–H and O–H groups in total. The molecule has 0 unspecified atom stereocenters. The Morgan fingerprint density at radius 1 is 1.26 bits per heavy atom. The van der Waals surface area contributed by atoms with Gasteiger partial charge in [-0.05, 0) is 24.6 Å². The first-order chi connectivity index (χ1) is 9.27. The number of ether oxygens (including phenoxy) is 2. The van der Waals surface area contributed by atoms with Crippen LogP contribution in [0.2, 0.25) is 0 Å². The monoisotopic (exact) mass is 266 g/mol. The molecule has 0 bridgehead atoms. The van der Waals surface area contributed by atoms with Crippen molar-refractivity contribution in [3.05, 3.63) is 35.1 Å². The third kappa shape index (κ3) is 6.35. The van der Waals surface area contributed by atoms with E-state index < -0.39 is 0 Å². The van der Waals surface area contributed by atoms with Gasteiger partial charge in [-0.25, -0.2) is 4.39 Å². The summed E-state index contributed by atoms with van der Waals surface area (Å²) in [6.45, 7) is 4.05. The zero-order valence-electron chi connectivity index (χ0n) is 11.1. The van der Waals surface area contributed by atoms with E-state index in [1.54, 1.807) is 12.1 Å². The second-order valence-electron chi connectivity index (χ2n) is 3.84. The van der Waals surface area contributed by atoms with Crippen LogP contribution < -0.4 is 0 Å². The van der Waals surface area contributed by atoms with Gasteiger partial charge in [-0.1, -0.05) is 17.9 Å². The molecule has 4 heteroatoms. The Hall–Kier alpha value is -1.41. The fourth-order valence-electron chi connectivity index (χ4n) is 1.42. The molecule has 0 amide bonds. The van der Waals surface area contributed by atoms with Crippen molar-refractivity contribution in [3.63, 3.8) is 0 Å². The molecule has 1 aromatic carbocycles. The van der Waals surface area contributed by atoms with Gasteiger partial charge in [0.2, 0.25) is 0 Å². The second kappa shape index (κ2) is 9.51. The molecule has 0 saturated carbocycles. The summed E-state index contributed by atoms with van der Waals surface area (Å²) in [4.78, 5) is 0. The number of benzene rings is 1. The van der Waals surface area contributed by atoms with E-state index in [-0.39, 0.29) is 12.4 Å². The summed E-state index contributed by atoms with van der Waals surface area (Å²) in [5.74, 6) is 5.04. The van der Waals surface area contributed by atoms with Crippen LogP contribution in [0, 0.1) is 17.7 Å². The van der Waals surface area contributed by atoms with E-state index in [0.717, 1.165) is 5.56 Å². The fraction of sp³-hybridized carbons (Fsp3) is 0.467. The number of hydrogen-bond acceptors (Lipinski definition) is 3. The van der Waals surface area contributed by atoms with Crippen LogP contribution in [0.5, 0.6) is 0 Å². The summed E-state index contributed by atoms with van der Waals surface area (Å²) < 4.78 is 24.0. The summed E-state index contributed by atoms with van der Waals surface area (Å²) in [6.07, 6.45) is 0.342. The highest BCUT2D eigenvalue weighted by molar-refractivity contribution is 5.38. The Morgan fingerprint density at radius 2 is 2.05 bits per heavy atom. The van der Waals surface area contributed by atoms with Gasteiger partial charge in [0, 0.05) is 13.0 Å². The van der Waals surface area contributed by atoms with Gasteiger partial charge in [0.25, 0.3) is 0 Å². The summed E-state index contributed by atoms with van der Waals surface area (Å²) in [5.41, 5.74) is 1.20. The summed E-state index contributed by atoms with van der Waals surface area (Å²) >= 11 is 0. The number of aliphatic hydroxyl groups excluding tert-OH is 1. The van der Waals surface area contributed by atoms with E-state index in [2.05, 4.69) is 11.8 Å². The van der Waals surface area contributed by atoms with Gasteiger partial charge in [-0.2, -0.15) is 0 Å². The lowest BCUT2D eigenvalue weighted by atomic mass is 10.1. The van der Waals surface area contributed by atoms with Gasteiger partial charge >= 0.3 is 0 Å². The van der Waals surface area contributed by atoms with Crippen LogP contribution in [0.15, 0.2) is 18.2 Å². The number of hydrogen-bond donors (Lipinski definition) is 1. The van der Waals surface area contributed by atoms with Crippen LogP contribution >= 0.6 is 0 Å². The smallest absolute Gasteiger partial charge is 0.138 e. The van der Waals surface area contributed by atoms with E-state index in [0.29, 0.717) is 38.4 Å². The van der Waals surface area contributed by atoms with Crippen molar-refractivity contribution in [3.8, 4) is 11.8 Å². The minimum atomic E-state index is -0.358. The van der Waals surface area contributed by atoms with Crippen LogP contribution in [0.25, 0.3) is 0 Å². The lowest BCUT2D eigenvalue weighted by Gasteiger charge is -2.05. The first-order valence-corrected chi connectivity index (χ1v) is 6.31. The molecule has 19 heavy (non-hydrogen) atoms. The highest BCUT2D eigenvalue weighted by Gasteiger charge is 2.01. The zero-order chi connectivity index (χ0) is 13.9. The van der Waals surface area contributed by atoms with Gasteiger partial charge in [0.05, 0.1) is 32.0 Å². The summed E-state index contributed by atoms with van der Waals surface area (Å²) in [6, 6.07) is 4.72. The third-order valence-corrected chi connectivity index (χ3v) is 2.34. The van der Waals surface area contributed by atoms with E-state index in [4.69, 9.17) is 14.6 Å². The Morgan fingerprint density at radius 3 is 2.79 bits per heavy atom. The molecule has 0 aliphatic heterocycles. The van der Waals surface area contributed by atoms with Gasteiger partial charge in [0.15, 0.2) is 0 Å². The second-order valence-corrected chi connectivity index (χ2v) is 3.84. The van der Waals surface area contributed by atoms with Gasteiger partial charge in [-0.3, -0.25) is 0 Å². The van der Waals surface area contributed by atoms with E-state index in [1.165, 1.54) is 6.07 Å². The van der Waals surface area contributed by atoms with Crippen LogP contribution in [0.1, 0.15) is 24.5 Å². The molecule has 0 radical (unpaired) electrons. The van der Waals surface area contributed by atoms with Crippen LogP contribution in [0.4, 0.5) is 4.39 Å². The van der Waals surface area contributed by atoms with Gasteiger partial charge in [-0.15, -0.1) is 0 Å². The molecular formula is C15H19FO3. The maximum Gasteiger partial charge on any atom is 0.138 e. The molecule has 0 heterocycles. The maximum atomic E-state index is 13.5. The quantitative estimate of drug-likeness (QED) is 0.607. The number of halogens is 1. The van der Waals surface area contributed by atoms with Gasteiger partial charge < -0.3 is 14.6 Å². The minimum absolute atomic E-state index is 0.0190. The standard InChI is InChI=1S/C15H19FO3/c1-2-18-9-10-19-12-13-6-7-15(16)14(11-13)5-3-4-8-17/h6-7,11,17H,2,4,8-10,12H2,1H3. The molecule has 1 aromatic rings. The van der Waals surface area contributed by atoms with Crippen molar-refractivity contribution >= 4 is 0 Å². The number of aliphatic hydroxyl groups is 1. The van der Waals surface area contributed by atoms with Crippen LogP contribution in [-0.4, -0.2) is 31.5 Å². The predicted molar refractivity (Wildman–Crippen MR) is 71.1 cm³/mol. The molecule has 1 rings (SSSR count). The maximum absolute atomic E-state index is 13.5. The number of rotatable bonds is 7. The largest absolute Gasteiger partial charge is 0.395 e. The molecule has 104 valence electrons. The summed E-state index contributed by atoms with van der Waals surface area (Å²) in [7, 11) is 0. The van der Waals surface area contributed by atoms with E-state index >= 15 is 0 Å². The van der Waals surface area contributed by atoms with Crippen molar-refractivity contribution in [2.45, 2.75) is 20.0 Å². The SMILES string of the molecule is CCOCCOCc1ccc(F)c(C#CCCO)c1. The Labute approximate surface area is 113 Å². The highest BCUT2D eigenvalue weighted by atomic mass is 19.1. The molecule has 0 aliphatic carbocycles. The fourth-order valence-corrected chi connectivity index (χ4v) is 1.42. The van der Waals surface area contributed by atoms with Crippen molar-refractivity contribution in [2.24, 2.45) is 0 Å². The zero-order valence-corrected chi connectivity index (χ0v) is 11.1. The first-order valence-electron chi connectivity index (χ1n) is 6.31. The Kier molecular flexibility index (Phi) is 7.83. The van der Waals surface area contributed by atoms with Gasteiger partial charge in [0.1, 0.15) is 5.82 Å². The normalized spacial score (nSPS) is 10.1. The van der Waals surface area contributed by atoms with Crippen molar-refractivity contribution < 1.29 is 19.0 Å². The van der Waals surface area contributed by atoms with E-state index in [1.807, 2.05) is 6.92 Å². The molecular weight excluding hydrogens is 247 g/mol.